The third kappa shape index (κ3) is 2.82. The van der Waals surface area contributed by atoms with Gasteiger partial charge in [0.15, 0.2) is 0 Å². The lowest BCUT2D eigenvalue weighted by atomic mass is 9.94. The van der Waals surface area contributed by atoms with E-state index >= 15 is 0 Å². The minimum Gasteiger partial charge on any atom is -0.329 e. The molecule has 0 aromatic carbocycles. The van der Waals surface area contributed by atoms with Crippen LogP contribution >= 0.6 is 0 Å². The van der Waals surface area contributed by atoms with Gasteiger partial charge in [0.05, 0.1) is 0 Å². The fraction of sp³-hybridized carbons (Fsp3) is 1.00. The predicted octanol–water partition coefficient (Wildman–Crippen LogP) is 0.824. The van der Waals surface area contributed by atoms with Crippen LogP contribution in [0.1, 0.15) is 33.6 Å². The van der Waals surface area contributed by atoms with Crippen molar-refractivity contribution in [2.75, 3.05) is 46.3 Å². The van der Waals surface area contributed by atoms with E-state index in [0.717, 1.165) is 19.1 Å². The molecule has 0 aromatic rings. The molecule has 2 fully saturated rings. The van der Waals surface area contributed by atoms with Gasteiger partial charge in [0.2, 0.25) is 0 Å². The lowest BCUT2D eigenvalue weighted by Crippen LogP contribution is -2.55. The van der Waals surface area contributed by atoms with Crippen LogP contribution in [0, 0.1) is 0 Å². The van der Waals surface area contributed by atoms with Crippen LogP contribution in [0.5, 0.6) is 0 Å². The molecular formula is C15H32N4. The van der Waals surface area contributed by atoms with Crippen molar-refractivity contribution in [3.05, 3.63) is 0 Å². The molecule has 2 aliphatic heterocycles. The van der Waals surface area contributed by atoms with E-state index < -0.39 is 0 Å². The van der Waals surface area contributed by atoms with Crippen LogP contribution in [0.2, 0.25) is 0 Å². The molecule has 2 saturated heterocycles. The van der Waals surface area contributed by atoms with Crippen molar-refractivity contribution in [1.82, 2.24) is 14.7 Å². The summed E-state index contributed by atoms with van der Waals surface area (Å²) >= 11 is 0. The number of likely N-dealkylation sites (N-methyl/N-ethyl adjacent to an activating group) is 2. The van der Waals surface area contributed by atoms with E-state index in [9.17, 15) is 0 Å². The lowest BCUT2D eigenvalue weighted by molar-refractivity contribution is 0.115. The summed E-state index contributed by atoms with van der Waals surface area (Å²) in [5, 5.41) is 0. The number of rotatable bonds is 5. The Labute approximate surface area is 118 Å². The first-order valence-corrected chi connectivity index (χ1v) is 7.95. The van der Waals surface area contributed by atoms with E-state index in [1.807, 2.05) is 0 Å². The maximum absolute atomic E-state index is 6.18. The van der Waals surface area contributed by atoms with E-state index in [4.69, 9.17) is 5.73 Å². The van der Waals surface area contributed by atoms with Crippen LogP contribution in [0.15, 0.2) is 0 Å². The van der Waals surface area contributed by atoms with Gasteiger partial charge in [-0.2, -0.15) is 0 Å². The molecule has 0 aromatic heterocycles. The first kappa shape index (κ1) is 15.2. The maximum atomic E-state index is 6.18. The lowest BCUT2D eigenvalue weighted by Gasteiger charge is -2.38. The molecule has 0 bridgehead atoms. The SMILES string of the molecule is CCN(CC)C1CCN(C2(CN)CC(C)N(C)C2)C1. The molecule has 2 N–H and O–H groups in total. The second kappa shape index (κ2) is 6.08. The Kier molecular flexibility index (Phi) is 4.88. The van der Waals surface area contributed by atoms with Gasteiger partial charge in [-0.25, -0.2) is 0 Å². The fourth-order valence-corrected chi connectivity index (χ4v) is 4.11. The Morgan fingerprint density at radius 3 is 2.47 bits per heavy atom. The van der Waals surface area contributed by atoms with Gasteiger partial charge in [-0.15, -0.1) is 0 Å². The molecule has 2 heterocycles. The summed E-state index contributed by atoms with van der Waals surface area (Å²) < 4.78 is 0. The summed E-state index contributed by atoms with van der Waals surface area (Å²) in [5.74, 6) is 0. The van der Waals surface area contributed by atoms with E-state index in [1.165, 1.54) is 39.0 Å². The van der Waals surface area contributed by atoms with Crippen molar-refractivity contribution in [2.45, 2.75) is 51.2 Å². The van der Waals surface area contributed by atoms with Gasteiger partial charge < -0.3 is 10.6 Å². The monoisotopic (exact) mass is 268 g/mol. The molecule has 0 radical (unpaired) electrons. The zero-order valence-corrected chi connectivity index (χ0v) is 13.2. The number of likely N-dealkylation sites (tertiary alicyclic amines) is 2. The van der Waals surface area contributed by atoms with Gasteiger partial charge in [0.25, 0.3) is 0 Å². The van der Waals surface area contributed by atoms with Gasteiger partial charge in [-0.05, 0) is 39.9 Å². The third-order valence-corrected chi connectivity index (χ3v) is 5.51. The third-order valence-electron chi connectivity index (χ3n) is 5.51. The average molecular weight is 268 g/mol. The summed E-state index contributed by atoms with van der Waals surface area (Å²) in [7, 11) is 2.24. The molecule has 0 aliphatic carbocycles. The Morgan fingerprint density at radius 2 is 2.00 bits per heavy atom. The molecule has 2 rings (SSSR count). The summed E-state index contributed by atoms with van der Waals surface area (Å²) in [4.78, 5) is 7.76. The van der Waals surface area contributed by atoms with Crippen LogP contribution in [0.25, 0.3) is 0 Å². The number of hydrogen-bond acceptors (Lipinski definition) is 4. The zero-order chi connectivity index (χ0) is 14.0. The maximum Gasteiger partial charge on any atom is 0.0473 e. The highest BCUT2D eigenvalue weighted by Gasteiger charge is 2.46. The molecule has 3 atom stereocenters. The Balaban J connectivity index is 2.03. The second-order valence-corrected chi connectivity index (χ2v) is 6.51. The summed E-state index contributed by atoms with van der Waals surface area (Å²) in [6.07, 6.45) is 2.53. The quantitative estimate of drug-likeness (QED) is 0.801. The standard InChI is InChI=1S/C15H32N4/c1-5-18(6-2)14-7-8-19(10-14)15(11-16)9-13(3)17(4)12-15/h13-14H,5-12,16H2,1-4H3. The molecule has 112 valence electrons. The molecule has 0 amide bonds. The van der Waals surface area contributed by atoms with E-state index in [1.54, 1.807) is 0 Å². The Morgan fingerprint density at radius 1 is 1.32 bits per heavy atom. The highest BCUT2D eigenvalue weighted by molar-refractivity contribution is 5.05. The normalized spacial score (nSPS) is 37.6. The minimum atomic E-state index is 0.232. The van der Waals surface area contributed by atoms with Crippen molar-refractivity contribution in [1.29, 1.82) is 0 Å². The van der Waals surface area contributed by atoms with Gasteiger partial charge in [-0.3, -0.25) is 9.80 Å². The highest BCUT2D eigenvalue weighted by atomic mass is 15.3. The predicted molar refractivity (Wildman–Crippen MR) is 81.4 cm³/mol. The van der Waals surface area contributed by atoms with Crippen molar-refractivity contribution in [2.24, 2.45) is 5.73 Å². The summed E-state index contributed by atoms with van der Waals surface area (Å²) in [6, 6.07) is 1.40. The van der Waals surface area contributed by atoms with Crippen LogP contribution in [-0.2, 0) is 0 Å². The van der Waals surface area contributed by atoms with E-state index in [-0.39, 0.29) is 5.54 Å². The van der Waals surface area contributed by atoms with Crippen LogP contribution in [0.4, 0.5) is 0 Å². The second-order valence-electron chi connectivity index (χ2n) is 6.51. The largest absolute Gasteiger partial charge is 0.329 e. The Hall–Kier alpha value is -0.160. The molecule has 2 aliphatic rings. The number of nitrogens with zero attached hydrogens (tertiary/aromatic N) is 3. The summed E-state index contributed by atoms with van der Waals surface area (Å²) in [6.45, 7) is 13.6. The highest BCUT2D eigenvalue weighted by Crippen LogP contribution is 2.34. The van der Waals surface area contributed by atoms with Crippen LogP contribution in [-0.4, -0.2) is 78.6 Å². The minimum absolute atomic E-state index is 0.232. The average Bonchev–Trinajstić information content (AvgIpc) is 2.98. The van der Waals surface area contributed by atoms with Gasteiger partial charge in [-0.1, -0.05) is 13.8 Å². The molecule has 0 spiro atoms. The molecule has 19 heavy (non-hydrogen) atoms. The van der Waals surface area contributed by atoms with Crippen molar-refractivity contribution in [3.63, 3.8) is 0 Å². The van der Waals surface area contributed by atoms with Gasteiger partial charge in [0.1, 0.15) is 0 Å². The molecule has 4 heteroatoms. The molecule has 4 nitrogen and oxygen atoms in total. The van der Waals surface area contributed by atoms with E-state index in [0.29, 0.717) is 6.04 Å². The number of nitrogens with two attached hydrogens (primary N) is 1. The van der Waals surface area contributed by atoms with Gasteiger partial charge in [0, 0.05) is 43.8 Å². The van der Waals surface area contributed by atoms with Crippen LogP contribution < -0.4 is 5.73 Å². The fourth-order valence-electron chi connectivity index (χ4n) is 4.11. The summed E-state index contributed by atoms with van der Waals surface area (Å²) in [5.41, 5.74) is 6.41. The molecule has 0 saturated carbocycles. The molecule has 3 unspecified atom stereocenters. The van der Waals surface area contributed by atoms with Crippen molar-refractivity contribution >= 4 is 0 Å². The molecular weight excluding hydrogens is 236 g/mol. The van der Waals surface area contributed by atoms with Crippen molar-refractivity contribution in [3.8, 4) is 0 Å². The first-order valence-electron chi connectivity index (χ1n) is 7.95. The smallest absolute Gasteiger partial charge is 0.0473 e. The number of hydrogen-bond donors (Lipinski definition) is 1. The first-order chi connectivity index (χ1) is 9.06. The van der Waals surface area contributed by atoms with Gasteiger partial charge >= 0.3 is 0 Å². The zero-order valence-electron chi connectivity index (χ0n) is 13.2. The van der Waals surface area contributed by atoms with E-state index in [2.05, 4.69) is 42.5 Å². The van der Waals surface area contributed by atoms with Crippen LogP contribution in [0.3, 0.4) is 0 Å². The topological polar surface area (TPSA) is 35.7 Å². The Bertz CT molecular complexity index is 280. The van der Waals surface area contributed by atoms with Crippen molar-refractivity contribution < 1.29 is 0 Å².